The Labute approximate surface area is 234 Å². The zero-order chi connectivity index (χ0) is 26.8. The fourth-order valence-electron chi connectivity index (χ4n) is 6.17. The van der Waals surface area contributed by atoms with Gasteiger partial charge in [0.05, 0.1) is 11.0 Å². The van der Waals surface area contributed by atoms with Gasteiger partial charge in [-0.1, -0.05) is 79.4 Å². The molecule has 2 heterocycles. The number of carbonyl (C=O) groups is 2. The molecule has 4 aromatic rings. The summed E-state index contributed by atoms with van der Waals surface area (Å²) in [5.74, 6) is 0.825. The first-order valence-electron chi connectivity index (χ1n) is 13.9. The van der Waals surface area contributed by atoms with Crippen molar-refractivity contribution in [1.29, 1.82) is 0 Å². The van der Waals surface area contributed by atoms with Gasteiger partial charge >= 0.3 is 0 Å². The van der Waals surface area contributed by atoms with Gasteiger partial charge in [-0.15, -0.1) is 0 Å². The number of imidazole rings is 1. The highest BCUT2D eigenvalue weighted by molar-refractivity contribution is 6.30. The number of halogens is 1. The van der Waals surface area contributed by atoms with E-state index in [0.29, 0.717) is 24.5 Å². The first kappa shape index (κ1) is 25.6. The molecule has 3 aromatic carbocycles. The highest BCUT2D eigenvalue weighted by Crippen LogP contribution is 2.34. The molecule has 1 aromatic heterocycles. The van der Waals surface area contributed by atoms with Gasteiger partial charge in [0.1, 0.15) is 12.4 Å². The normalized spacial score (nSPS) is 18.1. The summed E-state index contributed by atoms with van der Waals surface area (Å²) in [6, 6.07) is 25.8. The molecular formula is C32H33ClN4O2. The summed E-state index contributed by atoms with van der Waals surface area (Å²) in [7, 11) is 0. The van der Waals surface area contributed by atoms with Crippen LogP contribution in [0.5, 0.6) is 0 Å². The number of anilines is 1. The maximum Gasteiger partial charge on any atom is 0.243 e. The lowest BCUT2D eigenvalue weighted by molar-refractivity contribution is -0.135. The van der Waals surface area contributed by atoms with Gasteiger partial charge in [0.2, 0.25) is 11.8 Å². The predicted octanol–water partition coefficient (Wildman–Crippen LogP) is 6.57. The van der Waals surface area contributed by atoms with Crippen LogP contribution in [0, 0.1) is 0 Å². The second-order valence-electron chi connectivity index (χ2n) is 10.7. The van der Waals surface area contributed by atoms with Crippen molar-refractivity contribution in [3.8, 4) is 0 Å². The molecule has 0 radical (unpaired) electrons. The lowest BCUT2D eigenvalue weighted by Gasteiger charge is -2.35. The van der Waals surface area contributed by atoms with Crippen LogP contribution in [0.4, 0.5) is 5.69 Å². The number of hydrogen-bond donors (Lipinski definition) is 0. The summed E-state index contributed by atoms with van der Waals surface area (Å²) in [4.78, 5) is 36.0. The molecule has 200 valence electrons. The second-order valence-corrected chi connectivity index (χ2v) is 11.2. The van der Waals surface area contributed by atoms with Crippen molar-refractivity contribution >= 4 is 40.1 Å². The van der Waals surface area contributed by atoms with E-state index < -0.39 is 0 Å². The van der Waals surface area contributed by atoms with Crippen molar-refractivity contribution in [1.82, 2.24) is 14.5 Å². The van der Waals surface area contributed by atoms with Gasteiger partial charge in [-0.2, -0.15) is 0 Å². The Morgan fingerprint density at radius 1 is 0.949 bits per heavy atom. The monoisotopic (exact) mass is 540 g/mol. The zero-order valence-electron chi connectivity index (χ0n) is 22.0. The van der Waals surface area contributed by atoms with Gasteiger partial charge in [-0.3, -0.25) is 9.59 Å². The van der Waals surface area contributed by atoms with Crippen LogP contribution in [-0.4, -0.2) is 38.9 Å². The van der Waals surface area contributed by atoms with Gasteiger partial charge in [0.25, 0.3) is 0 Å². The number of hydrogen-bond acceptors (Lipinski definition) is 3. The number of amides is 2. The quantitative estimate of drug-likeness (QED) is 0.266. The summed E-state index contributed by atoms with van der Waals surface area (Å²) in [5, 5.41) is 0.600. The van der Waals surface area contributed by atoms with Crippen LogP contribution < -0.4 is 4.90 Å². The molecule has 1 aliphatic carbocycles. The van der Waals surface area contributed by atoms with Crippen molar-refractivity contribution in [3.63, 3.8) is 0 Å². The minimum absolute atomic E-state index is 0.0418. The average Bonchev–Trinajstić information content (AvgIpc) is 3.53. The van der Waals surface area contributed by atoms with E-state index in [9.17, 15) is 9.59 Å². The molecule has 0 N–H and O–H groups in total. The van der Waals surface area contributed by atoms with Crippen molar-refractivity contribution < 1.29 is 9.59 Å². The van der Waals surface area contributed by atoms with E-state index in [1.54, 1.807) is 4.90 Å². The fraction of sp³-hybridized carbons (Fsp3) is 0.344. The standard InChI is InChI=1S/C32H33ClN4O2/c33-25-12-9-15-27(19-25)36-21-24(18-30(36)38)32-34-28-16-7-8-17-29(28)37(32)22-31(39)35(26-13-5-2-6-14-26)20-23-10-3-1-4-11-23/h1,3-4,7-12,15-17,19,24,26H,2,5-6,13-14,18,20-22H2. The molecule has 39 heavy (non-hydrogen) atoms. The summed E-state index contributed by atoms with van der Waals surface area (Å²) < 4.78 is 2.05. The van der Waals surface area contributed by atoms with Crippen LogP contribution in [0.25, 0.3) is 11.0 Å². The molecule has 2 amide bonds. The number of para-hydroxylation sites is 2. The molecular weight excluding hydrogens is 508 g/mol. The van der Waals surface area contributed by atoms with Crippen molar-refractivity contribution in [2.45, 2.75) is 63.6 Å². The summed E-state index contributed by atoms with van der Waals surface area (Å²) >= 11 is 6.22. The molecule has 2 fully saturated rings. The van der Waals surface area contributed by atoms with E-state index in [1.807, 2.05) is 66.7 Å². The number of aromatic nitrogens is 2. The Morgan fingerprint density at radius 2 is 1.72 bits per heavy atom. The first-order valence-corrected chi connectivity index (χ1v) is 14.3. The van der Waals surface area contributed by atoms with Gasteiger partial charge in [-0.25, -0.2) is 4.98 Å². The molecule has 1 aliphatic heterocycles. The van der Waals surface area contributed by atoms with E-state index in [-0.39, 0.29) is 30.3 Å². The minimum atomic E-state index is -0.117. The molecule has 0 spiro atoms. The Balaban J connectivity index is 1.31. The third-order valence-corrected chi connectivity index (χ3v) is 8.35. The Morgan fingerprint density at radius 3 is 2.51 bits per heavy atom. The van der Waals surface area contributed by atoms with Gasteiger partial charge < -0.3 is 14.4 Å². The van der Waals surface area contributed by atoms with E-state index in [1.165, 1.54) is 6.42 Å². The number of fused-ring (bicyclic) bond motifs is 1. The highest BCUT2D eigenvalue weighted by atomic mass is 35.5. The second kappa shape index (κ2) is 11.2. The zero-order valence-corrected chi connectivity index (χ0v) is 22.8. The topological polar surface area (TPSA) is 58.4 Å². The summed E-state index contributed by atoms with van der Waals surface area (Å²) in [6.07, 6.45) is 5.99. The fourth-order valence-corrected chi connectivity index (χ4v) is 6.35. The van der Waals surface area contributed by atoms with Gasteiger partial charge in [0, 0.05) is 42.2 Å². The lowest BCUT2D eigenvalue weighted by atomic mass is 9.93. The summed E-state index contributed by atoms with van der Waals surface area (Å²) in [5.41, 5.74) is 3.71. The Kier molecular flexibility index (Phi) is 7.38. The maximum absolute atomic E-state index is 14.1. The largest absolute Gasteiger partial charge is 0.334 e. The number of carbonyl (C=O) groups excluding carboxylic acids is 2. The van der Waals surface area contributed by atoms with Gasteiger partial charge in [-0.05, 0) is 48.7 Å². The van der Waals surface area contributed by atoms with E-state index in [2.05, 4.69) is 21.6 Å². The lowest BCUT2D eigenvalue weighted by Crippen LogP contribution is -2.42. The molecule has 7 heteroatoms. The Bertz CT molecular complexity index is 1480. The van der Waals surface area contributed by atoms with Crippen molar-refractivity contribution in [3.05, 3.63) is 95.3 Å². The summed E-state index contributed by atoms with van der Waals surface area (Å²) in [6.45, 7) is 1.32. The third kappa shape index (κ3) is 5.44. The molecule has 6 nitrogen and oxygen atoms in total. The van der Waals surface area contributed by atoms with E-state index in [4.69, 9.17) is 16.6 Å². The SMILES string of the molecule is O=C1CC(c2nc3ccccc3n2CC(=O)N(Cc2ccccc2)C2CCCCC2)CN1c1cccc(Cl)c1. The van der Waals surface area contributed by atoms with E-state index in [0.717, 1.165) is 53.8 Å². The molecule has 1 saturated heterocycles. The van der Waals surface area contributed by atoms with Crippen LogP contribution >= 0.6 is 11.6 Å². The van der Waals surface area contributed by atoms with Crippen LogP contribution in [0.3, 0.4) is 0 Å². The van der Waals surface area contributed by atoms with E-state index >= 15 is 0 Å². The smallest absolute Gasteiger partial charge is 0.243 e. The average molecular weight is 541 g/mol. The van der Waals surface area contributed by atoms with Crippen LogP contribution in [-0.2, 0) is 22.7 Å². The van der Waals surface area contributed by atoms with Gasteiger partial charge in [0.15, 0.2) is 0 Å². The molecule has 1 atom stereocenters. The maximum atomic E-state index is 14.1. The van der Waals surface area contributed by atoms with Crippen LogP contribution in [0.15, 0.2) is 78.9 Å². The minimum Gasteiger partial charge on any atom is -0.334 e. The van der Waals surface area contributed by atoms with Crippen molar-refractivity contribution in [2.24, 2.45) is 0 Å². The van der Waals surface area contributed by atoms with Crippen molar-refractivity contribution in [2.75, 3.05) is 11.4 Å². The molecule has 6 rings (SSSR count). The third-order valence-electron chi connectivity index (χ3n) is 8.12. The highest BCUT2D eigenvalue weighted by Gasteiger charge is 2.36. The molecule has 1 unspecified atom stereocenters. The van der Waals surface area contributed by atoms with Crippen LogP contribution in [0.2, 0.25) is 5.02 Å². The predicted molar refractivity (Wildman–Crippen MR) is 155 cm³/mol. The number of nitrogens with zero attached hydrogens (tertiary/aromatic N) is 4. The molecule has 1 saturated carbocycles. The molecule has 0 bridgehead atoms. The van der Waals surface area contributed by atoms with Crippen LogP contribution in [0.1, 0.15) is 55.8 Å². The first-order chi connectivity index (χ1) is 19.1. The number of benzene rings is 3. The molecule has 2 aliphatic rings. The number of rotatable bonds is 7. The Hall–Kier alpha value is -3.64.